The number of halogens is 3. The number of phenolic OH excluding ortho intramolecular Hbond substituents is 1. The molecule has 1 saturated heterocycles. The van der Waals surface area contributed by atoms with Gasteiger partial charge in [-0.1, -0.05) is 24.3 Å². The number of aliphatic hydroxyl groups is 1. The lowest BCUT2D eigenvalue weighted by molar-refractivity contribution is -0.274. The van der Waals surface area contributed by atoms with Gasteiger partial charge in [0.15, 0.2) is 0 Å². The summed E-state index contributed by atoms with van der Waals surface area (Å²) in [4.78, 5) is 17.1. The molecule has 2 bridgehead atoms. The first-order valence-corrected chi connectivity index (χ1v) is 13.2. The quantitative estimate of drug-likeness (QED) is 0.405. The zero-order valence-electron chi connectivity index (χ0n) is 21.8. The Kier molecular flexibility index (Phi) is 7.01. The molecule has 1 unspecified atom stereocenters. The van der Waals surface area contributed by atoms with Crippen LogP contribution in [0.5, 0.6) is 11.5 Å². The minimum atomic E-state index is -4.80. The summed E-state index contributed by atoms with van der Waals surface area (Å²) in [5.41, 5.74) is 0.842. The topological polar surface area (TPSA) is 73.2 Å². The van der Waals surface area contributed by atoms with Crippen LogP contribution in [-0.4, -0.2) is 70.1 Å². The number of piperidine rings is 1. The van der Waals surface area contributed by atoms with Gasteiger partial charge < -0.3 is 19.8 Å². The number of benzene rings is 2. The molecule has 2 aromatic rings. The molecule has 5 rings (SSSR count). The lowest BCUT2D eigenvalue weighted by atomic mass is 9.48. The van der Waals surface area contributed by atoms with E-state index in [1.165, 1.54) is 30.4 Å². The fraction of sp³-hybridized carbons (Fsp3) is 0.433. The molecule has 208 valence electrons. The number of carbonyl (C=O) groups is 1. The van der Waals surface area contributed by atoms with Gasteiger partial charge in [-0.3, -0.25) is 9.69 Å². The van der Waals surface area contributed by atoms with Crippen molar-refractivity contribution in [2.75, 3.05) is 20.1 Å². The fourth-order valence-corrected chi connectivity index (χ4v) is 7.07. The van der Waals surface area contributed by atoms with Crippen molar-refractivity contribution >= 4 is 12.0 Å². The number of rotatable bonds is 6. The summed E-state index contributed by atoms with van der Waals surface area (Å²) in [7, 11) is 1.72. The third-order valence-corrected chi connectivity index (χ3v) is 8.88. The number of fused-ring (bicyclic) bond motifs is 1. The van der Waals surface area contributed by atoms with Crippen LogP contribution >= 0.6 is 0 Å². The molecule has 1 heterocycles. The molecule has 2 aliphatic carbocycles. The van der Waals surface area contributed by atoms with Gasteiger partial charge in [0.2, 0.25) is 5.91 Å². The minimum absolute atomic E-state index is 0.0886. The van der Waals surface area contributed by atoms with Crippen LogP contribution in [0, 0.1) is 0 Å². The number of amides is 1. The van der Waals surface area contributed by atoms with E-state index >= 15 is 0 Å². The van der Waals surface area contributed by atoms with Gasteiger partial charge in [-0.2, -0.15) is 0 Å². The Labute approximate surface area is 226 Å². The molecular formula is C30H33F3N2O4. The number of hydrogen-bond donors (Lipinski definition) is 2. The highest BCUT2D eigenvalue weighted by Gasteiger charge is 2.64. The molecule has 9 heteroatoms. The predicted molar refractivity (Wildman–Crippen MR) is 141 cm³/mol. The van der Waals surface area contributed by atoms with E-state index in [2.05, 4.69) is 16.2 Å². The standard InChI is InChI=1S/C30H33F3N2O4/c1-3-14-35-15-13-28-19-22(11-12-29(28,38)26(35)17-21-8-9-23(36)18-25(21)28)34(2)27(37)10-7-20-5-4-6-24(16-20)39-30(31,32)33/h3-10,16,18,22,26,36,38H,1,11-15,17,19H2,2H3/b10-7+/t22?,26-,28-,29-/m1/s1. The summed E-state index contributed by atoms with van der Waals surface area (Å²) < 4.78 is 41.7. The maximum Gasteiger partial charge on any atom is 0.573 e. The third-order valence-electron chi connectivity index (χ3n) is 8.88. The number of likely N-dealkylation sites (tertiary alicyclic amines) is 1. The first-order valence-electron chi connectivity index (χ1n) is 13.2. The predicted octanol–water partition coefficient (Wildman–Crippen LogP) is 4.80. The molecule has 39 heavy (non-hydrogen) atoms. The molecule has 1 aliphatic heterocycles. The van der Waals surface area contributed by atoms with Gasteiger partial charge in [0.1, 0.15) is 11.5 Å². The van der Waals surface area contributed by atoms with Crippen LogP contribution in [0.25, 0.3) is 6.08 Å². The average molecular weight is 543 g/mol. The molecule has 4 atom stereocenters. The van der Waals surface area contributed by atoms with Crippen molar-refractivity contribution in [3.05, 3.63) is 77.9 Å². The molecule has 6 nitrogen and oxygen atoms in total. The zero-order chi connectivity index (χ0) is 28.0. The highest BCUT2D eigenvalue weighted by Crippen LogP contribution is 2.59. The van der Waals surface area contributed by atoms with Crippen molar-refractivity contribution in [2.45, 2.75) is 61.6 Å². The first kappa shape index (κ1) is 27.3. The Hall–Kier alpha value is -3.30. The summed E-state index contributed by atoms with van der Waals surface area (Å²) >= 11 is 0. The monoisotopic (exact) mass is 542 g/mol. The second kappa shape index (κ2) is 10.0. The molecule has 3 aliphatic rings. The van der Waals surface area contributed by atoms with Crippen LogP contribution in [0.1, 0.15) is 42.4 Å². The lowest BCUT2D eigenvalue weighted by Crippen LogP contribution is -2.74. The Morgan fingerprint density at radius 1 is 1.26 bits per heavy atom. The van der Waals surface area contributed by atoms with Gasteiger partial charge in [0.25, 0.3) is 0 Å². The minimum Gasteiger partial charge on any atom is -0.508 e. The molecule has 1 amide bonds. The lowest BCUT2D eigenvalue weighted by Gasteiger charge is -2.65. The van der Waals surface area contributed by atoms with E-state index in [1.54, 1.807) is 30.1 Å². The summed E-state index contributed by atoms with van der Waals surface area (Å²) in [5.74, 6) is -0.479. The molecule has 0 aromatic heterocycles. The fourth-order valence-electron chi connectivity index (χ4n) is 7.07. The van der Waals surface area contributed by atoms with Crippen molar-refractivity contribution < 1.29 is 32.9 Å². The van der Waals surface area contributed by atoms with Crippen LogP contribution in [-0.2, 0) is 16.6 Å². The Bertz CT molecular complexity index is 1300. The zero-order valence-corrected chi connectivity index (χ0v) is 21.8. The normalized spacial score (nSPS) is 28.4. The number of carbonyl (C=O) groups excluding carboxylic acids is 1. The van der Waals surface area contributed by atoms with Crippen molar-refractivity contribution in [1.29, 1.82) is 0 Å². The highest BCUT2D eigenvalue weighted by atomic mass is 19.4. The maximum absolute atomic E-state index is 13.2. The van der Waals surface area contributed by atoms with Gasteiger partial charge in [-0.05, 0) is 85.7 Å². The number of phenols is 1. The van der Waals surface area contributed by atoms with Crippen LogP contribution in [0.3, 0.4) is 0 Å². The summed E-state index contributed by atoms with van der Waals surface area (Å²) in [6, 6.07) is 10.6. The van der Waals surface area contributed by atoms with Crippen LogP contribution in [0.4, 0.5) is 13.2 Å². The van der Waals surface area contributed by atoms with E-state index < -0.39 is 17.4 Å². The van der Waals surface area contributed by atoms with E-state index in [1.807, 2.05) is 12.1 Å². The number of aromatic hydroxyl groups is 1. The second-order valence-electron chi connectivity index (χ2n) is 10.9. The molecule has 1 saturated carbocycles. The van der Waals surface area contributed by atoms with Gasteiger partial charge in [0, 0.05) is 37.2 Å². The van der Waals surface area contributed by atoms with E-state index in [4.69, 9.17) is 0 Å². The van der Waals surface area contributed by atoms with Crippen LogP contribution < -0.4 is 4.74 Å². The molecule has 2 N–H and O–H groups in total. The molecule has 0 radical (unpaired) electrons. The number of nitrogens with zero attached hydrogens (tertiary/aromatic N) is 2. The van der Waals surface area contributed by atoms with Crippen molar-refractivity contribution in [3.63, 3.8) is 0 Å². The van der Waals surface area contributed by atoms with Crippen LogP contribution in [0.15, 0.2) is 61.2 Å². The van der Waals surface area contributed by atoms with E-state index in [-0.39, 0.29) is 29.5 Å². The molecule has 2 aromatic carbocycles. The average Bonchev–Trinajstić information content (AvgIpc) is 2.88. The summed E-state index contributed by atoms with van der Waals surface area (Å²) in [6.45, 7) is 5.34. The van der Waals surface area contributed by atoms with Crippen LogP contribution in [0.2, 0.25) is 0 Å². The van der Waals surface area contributed by atoms with E-state index in [0.29, 0.717) is 44.2 Å². The SMILES string of the molecule is C=CCN1CC[C@]23CC(N(C)C(=O)/C=C/c4cccc(OC(F)(F)F)c4)CC[C@@]2(O)[C@H]1Cc1ccc(O)cc13. The first-order chi connectivity index (χ1) is 18.5. The van der Waals surface area contributed by atoms with E-state index in [9.17, 15) is 28.2 Å². The Morgan fingerprint density at radius 3 is 2.79 bits per heavy atom. The highest BCUT2D eigenvalue weighted by molar-refractivity contribution is 5.91. The van der Waals surface area contributed by atoms with Gasteiger partial charge in [-0.15, -0.1) is 19.8 Å². The molecular weight excluding hydrogens is 509 g/mol. The molecule has 2 fully saturated rings. The van der Waals surface area contributed by atoms with Gasteiger partial charge >= 0.3 is 6.36 Å². The maximum atomic E-state index is 13.2. The molecule has 0 spiro atoms. The van der Waals surface area contributed by atoms with Crippen molar-refractivity contribution in [2.24, 2.45) is 0 Å². The van der Waals surface area contributed by atoms with Gasteiger partial charge in [0.05, 0.1) is 5.60 Å². The summed E-state index contributed by atoms with van der Waals surface area (Å²) in [5, 5.41) is 22.7. The van der Waals surface area contributed by atoms with E-state index in [0.717, 1.165) is 17.7 Å². The number of ether oxygens (including phenoxy) is 1. The number of hydrogen-bond acceptors (Lipinski definition) is 5. The number of alkyl halides is 3. The van der Waals surface area contributed by atoms with Crippen molar-refractivity contribution in [3.8, 4) is 11.5 Å². The third kappa shape index (κ3) is 4.94. The largest absolute Gasteiger partial charge is 0.573 e. The van der Waals surface area contributed by atoms with Crippen molar-refractivity contribution in [1.82, 2.24) is 9.80 Å². The smallest absolute Gasteiger partial charge is 0.508 e. The van der Waals surface area contributed by atoms with Gasteiger partial charge in [-0.25, -0.2) is 0 Å². The Balaban J connectivity index is 1.39. The Morgan fingerprint density at radius 2 is 2.05 bits per heavy atom. The number of likely N-dealkylation sites (N-methyl/N-ethyl adjacent to an activating group) is 1. The second-order valence-corrected chi connectivity index (χ2v) is 10.9. The summed E-state index contributed by atoms with van der Waals surface area (Å²) in [6.07, 6.45) is 2.90.